The SMILES string of the molecule is CC(O)C#Cc1cc(F)cc([N+](=O)[O-])c1. The predicted molar refractivity (Wildman–Crippen MR) is 51.6 cm³/mol. The number of aliphatic hydroxyl groups excluding tert-OH is 1. The Morgan fingerprint density at radius 2 is 2.20 bits per heavy atom. The molecule has 1 aromatic rings. The van der Waals surface area contributed by atoms with Gasteiger partial charge in [0, 0.05) is 11.6 Å². The molecule has 1 unspecified atom stereocenters. The molecule has 0 radical (unpaired) electrons. The maximum Gasteiger partial charge on any atom is 0.273 e. The molecule has 1 rings (SSSR count). The van der Waals surface area contributed by atoms with E-state index in [2.05, 4.69) is 11.8 Å². The van der Waals surface area contributed by atoms with Gasteiger partial charge in [-0.3, -0.25) is 10.1 Å². The average Bonchev–Trinajstić information content (AvgIpc) is 2.13. The fourth-order valence-corrected chi connectivity index (χ4v) is 0.940. The largest absolute Gasteiger partial charge is 0.381 e. The van der Waals surface area contributed by atoms with Crippen molar-refractivity contribution in [1.29, 1.82) is 0 Å². The Hall–Kier alpha value is -1.93. The zero-order chi connectivity index (χ0) is 11.4. The second-order valence-electron chi connectivity index (χ2n) is 2.90. The van der Waals surface area contributed by atoms with Crippen LogP contribution in [0.15, 0.2) is 18.2 Å². The van der Waals surface area contributed by atoms with Gasteiger partial charge in [0.15, 0.2) is 0 Å². The van der Waals surface area contributed by atoms with Crippen LogP contribution in [0.25, 0.3) is 0 Å². The first-order valence-corrected chi connectivity index (χ1v) is 4.13. The van der Waals surface area contributed by atoms with Crippen LogP contribution in [0.5, 0.6) is 0 Å². The van der Waals surface area contributed by atoms with Gasteiger partial charge in [0.05, 0.1) is 11.0 Å². The van der Waals surface area contributed by atoms with Gasteiger partial charge in [0.25, 0.3) is 5.69 Å². The molecular weight excluding hydrogens is 201 g/mol. The molecule has 0 fully saturated rings. The second kappa shape index (κ2) is 4.53. The van der Waals surface area contributed by atoms with Gasteiger partial charge in [-0.25, -0.2) is 4.39 Å². The van der Waals surface area contributed by atoms with Crippen LogP contribution in [0.4, 0.5) is 10.1 Å². The van der Waals surface area contributed by atoms with Crippen molar-refractivity contribution in [2.45, 2.75) is 13.0 Å². The minimum atomic E-state index is -0.854. The Kier molecular flexibility index (Phi) is 3.37. The summed E-state index contributed by atoms with van der Waals surface area (Å²) in [5.74, 6) is 4.08. The summed E-state index contributed by atoms with van der Waals surface area (Å²) in [5, 5.41) is 19.2. The Balaban J connectivity index is 3.11. The molecule has 1 aromatic carbocycles. The topological polar surface area (TPSA) is 63.4 Å². The van der Waals surface area contributed by atoms with E-state index in [9.17, 15) is 14.5 Å². The number of nitro benzene ring substituents is 1. The minimum Gasteiger partial charge on any atom is -0.381 e. The van der Waals surface area contributed by atoms with Crippen LogP contribution >= 0.6 is 0 Å². The molecule has 0 aliphatic heterocycles. The van der Waals surface area contributed by atoms with Crippen LogP contribution in [-0.2, 0) is 0 Å². The van der Waals surface area contributed by atoms with E-state index in [1.54, 1.807) is 0 Å². The van der Waals surface area contributed by atoms with Gasteiger partial charge in [-0.1, -0.05) is 11.8 Å². The smallest absolute Gasteiger partial charge is 0.273 e. The van der Waals surface area contributed by atoms with Crippen LogP contribution in [-0.4, -0.2) is 16.1 Å². The van der Waals surface area contributed by atoms with Crippen molar-refractivity contribution in [2.24, 2.45) is 0 Å². The van der Waals surface area contributed by atoms with E-state index < -0.39 is 16.8 Å². The van der Waals surface area contributed by atoms with Crippen molar-refractivity contribution in [2.75, 3.05) is 0 Å². The minimum absolute atomic E-state index is 0.169. The number of nitro groups is 1. The molecule has 15 heavy (non-hydrogen) atoms. The van der Waals surface area contributed by atoms with E-state index in [0.29, 0.717) is 0 Å². The molecule has 0 saturated carbocycles. The number of benzene rings is 1. The average molecular weight is 209 g/mol. The van der Waals surface area contributed by atoms with Crippen LogP contribution in [0.3, 0.4) is 0 Å². The van der Waals surface area contributed by atoms with E-state index in [1.807, 2.05) is 0 Å². The number of hydrogen-bond donors (Lipinski definition) is 1. The first-order valence-electron chi connectivity index (χ1n) is 4.13. The Bertz CT molecular complexity index is 446. The predicted octanol–water partition coefficient (Wildman–Crippen LogP) is 1.47. The highest BCUT2D eigenvalue weighted by molar-refractivity contribution is 5.43. The number of hydrogen-bond acceptors (Lipinski definition) is 3. The molecule has 0 amide bonds. The Morgan fingerprint density at radius 1 is 1.53 bits per heavy atom. The Labute approximate surface area is 85.5 Å². The summed E-state index contributed by atoms with van der Waals surface area (Å²) in [5.41, 5.74) is -0.188. The van der Waals surface area contributed by atoms with E-state index >= 15 is 0 Å². The quantitative estimate of drug-likeness (QED) is 0.432. The lowest BCUT2D eigenvalue weighted by Gasteiger charge is -1.94. The molecule has 78 valence electrons. The normalized spacial score (nSPS) is 11.4. The zero-order valence-electron chi connectivity index (χ0n) is 7.90. The van der Waals surface area contributed by atoms with Gasteiger partial charge in [-0.2, -0.15) is 0 Å². The van der Waals surface area contributed by atoms with Crippen molar-refractivity contribution in [3.8, 4) is 11.8 Å². The lowest BCUT2D eigenvalue weighted by molar-refractivity contribution is -0.385. The molecule has 0 aliphatic carbocycles. The second-order valence-corrected chi connectivity index (χ2v) is 2.90. The lowest BCUT2D eigenvalue weighted by Crippen LogP contribution is -1.94. The van der Waals surface area contributed by atoms with Crippen molar-refractivity contribution >= 4 is 5.69 Å². The van der Waals surface area contributed by atoms with Crippen molar-refractivity contribution in [1.82, 2.24) is 0 Å². The maximum atomic E-state index is 12.9. The summed E-state index contributed by atoms with van der Waals surface area (Å²) in [6, 6.07) is 3.04. The van der Waals surface area contributed by atoms with Crippen molar-refractivity contribution in [3.63, 3.8) is 0 Å². The molecule has 0 bridgehead atoms. The zero-order valence-corrected chi connectivity index (χ0v) is 7.90. The van der Waals surface area contributed by atoms with E-state index in [-0.39, 0.29) is 11.3 Å². The van der Waals surface area contributed by atoms with Gasteiger partial charge < -0.3 is 5.11 Å². The maximum absolute atomic E-state index is 12.9. The van der Waals surface area contributed by atoms with Crippen LogP contribution in [0, 0.1) is 27.8 Å². The van der Waals surface area contributed by atoms with Gasteiger partial charge in [-0.05, 0) is 13.0 Å². The Morgan fingerprint density at radius 3 is 2.73 bits per heavy atom. The highest BCUT2D eigenvalue weighted by Crippen LogP contribution is 2.15. The third-order valence-electron chi connectivity index (χ3n) is 1.52. The summed E-state index contributed by atoms with van der Waals surface area (Å²) >= 11 is 0. The first kappa shape index (κ1) is 11.1. The monoisotopic (exact) mass is 209 g/mol. The summed E-state index contributed by atoms with van der Waals surface area (Å²) in [6.45, 7) is 1.45. The van der Waals surface area contributed by atoms with Crippen molar-refractivity contribution in [3.05, 3.63) is 39.7 Å². The molecule has 0 aromatic heterocycles. The first-order chi connectivity index (χ1) is 6.99. The summed E-state index contributed by atoms with van der Waals surface area (Å²) in [4.78, 5) is 9.69. The lowest BCUT2D eigenvalue weighted by atomic mass is 10.2. The third-order valence-corrected chi connectivity index (χ3v) is 1.52. The molecule has 1 atom stereocenters. The molecule has 5 heteroatoms. The van der Waals surface area contributed by atoms with Crippen LogP contribution in [0.1, 0.15) is 12.5 Å². The molecular formula is C10H8FNO3. The van der Waals surface area contributed by atoms with E-state index in [1.165, 1.54) is 6.92 Å². The molecule has 0 spiro atoms. The summed E-state index contributed by atoms with van der Waals surface area (Å²) in [7, 11) is 0. The summed E-state index contributed by atoms with van der Waals surface area (Å²) < 4.78 is 12.9. The third kappa shape index (κ3) is 3.37. The molecule has 0 saturated heterocycles. The highest BCUT2D eigenvalue weighted by Gasteiger charge is 2.08. The highest BCUT2D eigenvalue weighted by atomic mass is 19.1. The number of non-ortho nitro benzene ring substituents is 1. The molecule has 0 heterocycles. The number of aliphatic hydroxyl groups is 1. The molecule has 0 aliphatic rings. The number of nitrogens with zero attached hydrogens (tertiary/aromatic N) is 1. The summed E-state index contributed by atoms with van der Waals surface area (Å²) in [6.07, 6.45) is -0.854. The molecule has 4 nitrogen and oxygen atoms in total. The number of rotatable bonds is 1. The van der Waals surface area contributed by atoms with E-state index in [0.717, 1.165) is 18.2 Å². The van der Waals surface area contributed by atoms with Crippen LogP contribution in [0.2, 0.25) is 0 Å². The van der Waals surface area contributed by atoms with Gasteiger partial charge in [0.2, 0.25) is 0 Å². The number of halogens is 1. The van der Waals surface area contributed by atoms with Gasteiger partial charge in [0.1, 0.15) is 11.9 Å². The van der Waals surface area contributed by atoms with Gasteiger partial charge >= 0.3 is 0 Å². The standard InChI is InChI=1S/C10H8FNO3/c1-7(13)2-3-8-4-9(11)6-10(5-8)12(14)15/h4-7,13H,1H3. The van der Waals surface area contributed by atoms with Crippen molar-refractivity contribution < 1.29 is 14.4 Å². The van der Waals surface area contributed by atoms with E-state index in [4.69, 9.17) is 5.11 Å². The fourth-order valence-electron chi connectivity index (χ4n) is 0.940. The molecule has 1 N–H and O–H groups in total. The van der Waals surface area contributed by atoms with Gasteiger partial charge in [-0.15, -0.1) is 0 Å². The fraction of sp³-hybridized carbons (Fsp3) is 0.200. The van der Waals surface area contributed by atoms with Crippen LogP contribution < -0.4 is 0 Å².